The van der Waals surface area contributed by atoms with Crippen LogP contribution in [0.4, 0.5) is 4.79 Å². The molecule has 4 rings (SSSR count). The van der Waals surface area contributed by atoms with Gasteiger partial charge in [0.2, 0.25) is 5.91 Å². The Bertz CT molecular complexity index is 1240. The van der Waals surface area contributed by atoms with Gasteiger partial charge in [-0.25, -0.2) is 0 Å². The average Bonchev–Trinajstić information content (AvgIpc) is 3.11. The Kier molecular flexibility index (Phi) is 8.84. The first kappa shape index (κ1) is 26.8. The minimum absolute atomic E-state index is 0.181. The number of hydrogen-bond donors (Lipinski definition) is 0. The molecule has 3 amide bonds. The van der Waals surface area contributed by atoms with Gasteiger partial charge in [0.05, 0.1) is 29.7 Å². The molecule has 2 aliphatic rings. The third-order valence-electron chi connectivity index (χ3n) is 5.47. The van der Waals surface area contributed by atoms with Crippen LogP contribution < -0.4 is 9.47 Å². The summed E-state index contributed by atoms with van der Waals surface area (Å²) in [6.45, 7) is 1.65. The first-order valence-corrected chi connectivity index (χ1v) is 13.2. The SMILES string of the molecule is COc1cc(/C=C2/SC(=O)N(CC(=O)N3CCOCC3)C2=O)cc(Br)c1OCc1ccc(Cl)cc1Cl. The molecule has 2 aromatic rings. The van der Waals surface area contributed by atoms with Crippen molar-refractivity contribution in [2.45, 2.75) is 6.61 Å². The van der Waals surface area contributed by atoms with Crippen molar-refractivity contribution in [2.75, 3.05) is 40.0 Å². The number of benzene rings is 2. The van der Waals surface area contributed by atoms with Crippen LogP contribution in [0.1, 0.15) is 11.1 Å². The van der Waals surface area contributed by atoms with Gasteiger partial charge in [0.25, 0.3) is 11.1 Å². The summed E-state index contributed by atoms with van der Waals surface area (Å²) in [7, 11) is 1.50. The molecule has 8 nitrogen and oxygen atoms in total. The van der Waals surface area contributed by atoms with Crippen LogP contribution in [0.25, 0.3) is 6.08 Å². The van der Waals surface area contributed by atoms with Gasteiger partial charge >= 0.3 is 0 Å². The summed E-state index contributed by atoms with van der Waals surface area (Å²) in [5.74, 6) is 0.0697. The van der Waals surface area contributed by atoms with Crippen molar-refractivity contribution in [1.82, 2.24) is 9.80 Å². The quantitative estimate of drug-likeness (QED) is 0.394. The molecule has 2 saturated heterocycles. The third-order valence-corrected chi connectivity index (χ3v) is 7.55. The summed E-state index contributed by atoms with van der Waals surface area (Å²) < 4.78 is 17.3. The zero-order valence-corrected chi connectivity index (χ0v) is 23.0. The lowest BCUT2D eigenvalue weighted by atomic mass is 10.1. The number of amides is 3. The molecular weight excluding hydrogens is 595 g/mol. The number of rotatable bonds is 7. The molecule has 0 aromatic heterocycles. The summed E-state index contributed by atoms with van der Waals surface area (Å²) in [5.41, 5.74) is 1.36. The van der Waals surface area contributed by atoms with Crippen molar-refractivity contribution < 1.29 is 28.6 Å². The number of hydrogen-bond acceptors (Lipinski definition) is 7. The van der Waals surface area contributed by atoms with Crippen LogP contribution in [0.2, 0.25) is 10.0 Å². The first-order chi connectivity index (χ1) is 17.3. The molecule has 2 fully saturated rings. The normalized spacial score (nSPS) is 17.2. The minimum Gasteiger partial charge on any atom is -0.493 e. The van der Waals surface area contributed by atoms with E-state index in [1.807, 2.05) is 0 Å². The van der Waals surface area contributed by atoms with Crippen LogP contribution in [0, 0.1) is 0 Å². The summed E-state index contributed by atoms with van der Waals surface area (Å²) in [6.07, 6.45) is 1.58. The van der Waals surface area contributed by atoms with E-state index in [4.69, 9.17) is 37.4 Å². The molecule has 0 unspecified atom stereocenters. The largest absolute Gasteiger partial charge is 0.493 e. The van der Waals surface area contributed by atoms with Crippen LogP contribution >= 0.6 is 50.9 Å². The Morgan fingerprint density at radius 3 is 2.64 bits per heavy atom. The summed E-state index contributed by atoms with van der Waals surface area (Å²) in [4.78, 5) is 40.7. The van der Waals surface area contributed by atoms with Crippen LogP contribution in [0.15, 0.2) is 39.7 Å². The van der Waals surface area contributed by atoms with Crippen molar-refractivity contribution in [3.63, 3.8) is 0 Å². The van der Waals surface area contributed by atoms with Gasteiger partial charge in [-0.1, -0.05) is 29.3 Å². The number of carbonyl (C=O) groups is 3. The van der Waals surface area contributed by atoms with E-state index in [1.165, 1.54) is 7.11 Å². The second-order valence-corrected chi connectivity index (χ2v) is 10.5. The molecule has 0 aliphatic carbocycles. The van der Waals surface area contributed by atoms with E-state index in [0.29, 0.717) is 57.9 Å². The molecule has 0 bridgehead atoms. The van der Waals surface area contributed by atoms with Crippen molar-refractivity contribution in [3.8, 4) is 11.5 Å². The number of halogens is 3. The predicted molar refractivity (Wildman–Crippen MR) is 142 cm³/mol. The van der Waals surface area contributed by atoms with Gasteiger partial charge in [-0.3, -0.25) is 19.3 Å². The summed E-state index contributed by atoms with van der Waals surface area (Å²) >= 11 is 16.5. The molecule has 0 radical (unpaired) electrons. The molecule has 190 valence electrons. The fourth-order valence-electron chi connectivity index (χ4n) is 3.59. The maximum absolute atomic E-state index is 12.9. The number of ether oxygens (including phenoxy) is 3. The maximum atomic E-state index is 12.9. The number of methoxy groups -OCH3 is 1. The zero-order chi connectivity index (χ0) is 25.8. The van der Waals surface area contributed by atoms with Gasteiger partial charge in [0, 0.05) is 28.7 Å². The van der Waals surface area contributed by atoms with Crippen molar-refractivity contribution >= 4 is 74.0 Å². The number of morpholine rings is 1. The Hall–Kier alpha value is -2.24. The van der Waals surface area contributed by atoms with E-state index in [9.17, 15) is 14.4 Å². The lowest BCUT2D eigenvalue weighted by molar-refractivity contribution is -0.139. The van der Waals surface area contributed by atoms with Gasteiger partial charge < -0.3 is 19.1 Å². The highest BCUT2D eigenvalue weighted by Crippen LogP contribution is 2.40. The van der Waals surface area contributed by atoms with E-state index >= 15 is 0 Å². The number of imide groups is 1. The molecule has 36 heavy (non-hydrogen) atoms. The van der Waals surface area contributed by atoms with Crippen LogP contribution in [0.3, 0.4) is 0 Å². The van der Waals surface area contributed by atoms with E-state index in [0.717, 1.165) is 22.2 Å². The Morgan fingerprint density at radius 2 is 1.94 bits per heavy atom. The Morgan fingerprint density at radius 1 is 1.19 bits per heavy atom. The highest BCUT2D eigenvalue weighted by atomic mass is 79.9. The zero-order valence-electron chi connectivity index (χ0n) is 19.1. The van der Waals surface area contributed by atoms with Crippen molar-refractivity contribution in [1.29, 1.82) is 0 Å². The molecule has 2 aliphatic heterocycles. The van der Waals surface area contributed by atoms with E-state index in [-0.39, 0.29) is 24.0 Å². The van der Waals surface area contributed by atoms with Gasteiger partial charge in [0.15, 0.2) is 11.5 Å². The minimum atomic E-state index is -0.514. The first-order valence-electron chi connectivity index (χ1n) is 10.8. The molecule has 0 spiro atoms. The van der Waals surface area contributed by atoms with E-state index in [1.54, 1.807) is 41.3 Å². The standard InChI is InChI=1S/C24H21BrCl2N2O6S/c1-33-19-9-14(8-17(25)22(19)35-13-15-2-3-16(26)11-18(15)27)10-20-23(31)29(24(32)36-20)12-21(30)28-4-6-34-7-5-28/h2-3,8-11H,4-7,12-13H2,1H3/b20-10+. The average molecular weight is 616 g/mol. The number of thioether (sulfide) groups is 1. The van der Waals surface area contributed by atoms with E-state index < -0.39 is 11.1 Å². The summed E-state index contributed by atoms with van der Waals surface area (Å²) in [6, 6.07) is 8.58. The Balaban J connectivity index is 1.49. The molecular formula is C24H21BrCl2N2O6S. The lowest BCUT2D eigenvalue weighted by Crippen LogP contribution is -2.46. The predicted octanol–water partition coefficient (Wildman–Crippen LogP) is 5.24. The molecule has 0 N–H and O–H groups in total. The van der Waals surface area contributed by atoms with Crippen molar-refractivity contribution in [3.05, 3.63) is 60.9 Å². The molecule has 0 atom stereocenters. The third kappa shape index (κ3) is 6.18. The second kappa shape index (κ2) is 11.9. The monoisotopic (exact) mass is 614 g/mol. The van der Waals surface area contributed by atoms with Crippen LogP contribution in [-0.4, -0.2) is 66.8 Å². The van der Waals surface area contributed by atoms with Crippen LogP contribution in [0.5, 0.6) is 11.5 Å². The van der Waals surface area contributed by atoms with Gasteiger partial charge in [-0.15, -0.1) is 0 Å². The molecule has 0 saturated carbocycles. The highest BCUT2D eigenvalue weighted by molar-refractivity contribution is 9.10. The van der Waals surface area contributed by atoms with Gasteiger partial charge in [0.1, 0.15) is 13.2 Å². The topological polar surface area (TPSA) is 85.4 Å². The fourth-order valence-corrected chi connectivity index (χ4v) is 5.46. The Labute approximate surface area is 230 Å². The highest BCUT2D eigenvalue weighted by Gasteiger charge is 2.37. The van der Waals surface area contributed by atoms with E-state index in [2.05, 4.69) is 15.9 Å². The van der Waals surface area contributed by atoms with Crippen LogP contribution in [-0.2, 0) is 20.9 Å². The number of carbonyl (C=O) groups excluding carboxylic acids is 3. The fraction of sp³-hybridized carbons (Fsp3) is 0.292. The number of nitrogens with zero attached hydrogens (tertiary/aromatic N) is 2. The molecule has 2 heterocycles. The van der Waals surface area contributed by atoms with Gasteiger partial charge in [-0.2, -0.15) is 0 Å². The maximum Gasteiger partial charge on any atom is 0.294 e. The second-order valence-electron chi connectivity index (χ2n) is 7.82. The lowest BCUT2D eigenvalue weighted by Gasteiger charge is -2.28. The molecule has 12 heteroatoms. The van der Waals surface area contributed by atoms with Crippen molar-refractivity contribution in [2.24, 2.45) is 0 Å². The summed E-state index contributed by atoms with van der Waals surface area (Å²) in [5, 5.41) is 0.525. The molecule has 2 aromatic carbocycles. The smallest absolute Gasteiger partial charge is 0.294 e. The van der Waals surface area contributed by atoms with Gasteiger partial charge in [-0.05, 0) is 63.6 Å².